The van der Waals surface area contributed by atoms with Gasteiger partial charge in [-0.3, -0.25) is 14.5 Å². The number of hydrogen-bond acceptors (Lipinski definition) is 4. The molecular formula is C23H26FN3O3. The Morgan fingerprint density at radius 2 is 1.77 bits per heavy atom. The van der Waals surface area contributed by atoms with Crippen LogP contribution in [0, 0.1) is 11.7 Å². The topological polar surface area (TPSA) is 61.9 Å². The van der Waals surface area contributed by atoms with Crippen molar-refractivity contribution in [3.8, 4) is 0 Å². The number of halogens is 1. The molecule has 2 saturated heterocycles. The molecular weight excluding hydrogens is 385 g/mol. The Bertz CT molecular complexity index is 914. The molecule has 0 aromatic heterocycles. The quantitative estimate of drug-likeness (QED) is 0.793. The molecule has 0 bridgehead atoms. The summed E-state index contributed by atoms with van der Waals surface area (Å²) in [5.74, 6) is -1.34. The molecule has 7 heteroatoms. The monoisotopic (exact) mass is 411 g/mol. The first-order valence-electron chi connectivity index (χ1n) is 10.3. The Kier molecular flexibility index (Phi) is 6.40. The lowest BCUT2D eigenvalue weighted by molar-refractivity contribution is -0.126. The van der Waals surface area contributed by atoms with Crippen LogP contribution < -0.4 is 10.2 Å². The van der Waals surface area contributed by atoms with Crippen LogP contribution in [0.4, 0.5) is 10.1 Å². The van der Waals surface area contributed by atoms with Crippen molar-refractivity contribution >= 4 is 17.5 Å². The molecule has 4 rings (SSSR count). The Morgan fingerprint density at radius 1 is 1.07 bits per heavy atom. The molecule has 2 amide bonds. The molecule has 30 heavy (non-hydrogen) atoms. The maximum Gasteiger partial charge on any atom is 0.227 e. The van der Waals surface area contributed by atoms with E-state index in [2.05, 4.69) is 16.3 Å². The van der Waals surface area contributed by atoms with Crippen LogP contribution in [0.2, 0.25) is 0 Å². The van der Waals surface area contributed by atoms with Crippen molar-refractivity contribution in [2.75, 3.05) is 37.7 Å². The number of anilines is 1. The van der Waals surface area contributed by atoms with E-state index in [-0.39, 0.29) is 30.5 Å². The first kappa shape index (κ1) is 20.5. The molecule has 2 aliphatic heterocycles. The molecule has 6 nitrogen and oxygen atoms in total. The normalized spacial score (nSPS) is 19.8. The maximum absolute atomic E-state index is 14.0. The predicted molar refractivity (Wildman–Crippen MR) is 111 cm³/mol. The second kappa shape index (κ2) is 9.36. The lowest BCUT2D eigenvalue weighted by Crippen LogP contribution is -2.36. The van der Waals surface area contributed by atoms with Gasteiger partial charge < -0.3 is 15.0 Å². The number of nitrogens with one attached hydrogen (secondary N) is 1. The van der Waals surface area contributed by atoms with Crippen LogP contribution in [-0.4, -0.2) is 49.6 Å². The van der Waals surface area contributed by atoms with Gasteiger partial charge in [-0.2, -0.15) is 0 Å². The zero-order chi connectivity index (χ0) is 20.9. The average Bonchev–Trinajstić information content (AvgIpc) is 3.15. The lowest BCUT2D eigenvalue weighted by atomic mass is 10.1. The van der Waals surface area contributed by atoms with Crippen molar-refractivity contribution in [1.29, 1.82) is 0 Å². The zero-order valence-electron chi connectivity index (χ0n) is 16.9. The van der Waals surface area contributed by atoms with Crippen molar-refractivity contribution in [2.45, 2.75) is 19.5 Å². The molecule has 0 radical (unpaired) electrons. The number of morpholine rings is 1. The van der Waals surface area contributed by atoms with Gasteiger partial charge in [0, 0.05) is 39.1 Å². The van der Waals surface area contributed by atoms with E-state index in [0.29, 0.717) is 6.54 Å². The number of benzene rings is 2. The van der Waals surface area contributed by atoms with Crippen molar-refractivity contribution in [1.82, 2.24) is 10.2 Å². The van der Waals surface area contributed by atoms with E-state index >= 15 is 0 Å². The highest BCUT2D eigenvalue weighted by atomic mass is 19.1. The van der Waals surface area contributed by atoms with Crippen molar-refractivity contribution in [3.05, 3.63) is 65.5 Å². The number of ether oxygens (including phenoxy) is 1. The van der Waals surface area contributed by atoms with Gasteiger partial charge in [-0.15, -0.1) is 0 Å². The molecule has 0 aliphatic carbocycles. The van der Waals surface area contributed by atoms with Crippen molar-refractivity contribution in [3.63, 3.8) is 0 Å². The summed E-state index contributed by atoms with van der Waals surface area (Å²) in [5.41, 5.74) is 2.47. The summed E-state index contributed by atoms with van der Waals surface area (Å²) >= 11 is 0. The summed E-state index contributed by atoms with van der Waals surface area (Å²) in [6.45, 7) is 4.71. The number of carbonyl (C=O) groups excluding carboxylic acids is 2. The third-order valence-electron chi connectivity index (χ3n) is 5.71. The fraction of sp³-hybridized carbons (Fsp3) is 0.391. The second-order valence-electron chi connectivity index (χ2n) is 7.73. The van der Waals surface area contributed by atoms with Crippen LogP contribution in [0.3, 0.4) is 0 Å². The summed E-state index contributed by atoms with van der Waals surface area (Å²) in [6, 6.07) is 14.2. The SMILES string of the molecule is O=C(NCc1ccccc1CN1CCOCC1)C1CC(=O)N(c2ccccc2F)C1. The van der Waals surface area contributed by atoms with Gasteiger partial charge in [-0.25, -0.2) is 4.39 Å². The van der Waals surface area contributed by atoms with Gasteiger partial charge in [0.25, 0.3) is 0 Å². The zero-order valence-corrected chi connectivity index (χ0v) is 16.9. The molecule has 1 atom stereocenters. The molecule has 2 aliphatic rings. The highest BCUT2D eigenvalue weighted by molar-refractivity contribution is 6.00. The summed E-state index contributed by atoms with van der Waals surface area (Å²) in [7, 11) is 0. The van der Waals surface area contributed by atoms with Crippen LogP contribution in [0.1, 0.15) is 17.5 Å². The second-order valence-corrected chi connectivity index (χ2v) is 7.73. The summed E-state index contributed by atoms with van der Waals surface area (Å²) in [5, 5.41) is 2.97. The minimum absolute atomic E-state index is 0.0928. The smallest absolute Gasteiger partial charge is 0.227 e. The predicted octanol–water partition coefficient (Wildman–Crippen LogP) is 2.33. The Hall–Kier alpha value is -2.77. The first-order valence-corrected chi connectivity index (χ1v) is 10.3. The summed E-state index contributed by atoms with van der Waals surface area (Å²) in [4.78, 5) is 28.8. The average molecular weight is 411 g/mol. The first-order chi connectivity index (χ1) is 14.6. The Morgan fingerprint density at radius 3 is 2.53 bits per heavy atom. The largest absolute Gasteiger partial charge is 0.379 e. The molecule has 2 heterocycles. The van der Waals surface area contributed by atoms with Gasteiger partial charge in [0.1, 0.15) is 5.82 Å². The van der Waals surface area contributed by atoms with Crippen LogP contribution in [0.25, 0.3) is 0 Å². The van der Waals surface area contributed by atoms with Crippen LogP contribution in [0.15, 0.2) is 48.5 Å². The van der Waals surface area contributed by atoms with E-state index in [1.54, 1.807) is 18.2 Å². The Balaban J connectivity index is 1.36. The minimum atomic E-state index is -0.483. The molecule has 2 fully saturated rings. The van der Waals surface area contributed by atoms with E-state index in [4.69, 9.17) is 4.74 Å². The fourth-order valence-corrected chi connectivity index (χ4v) is 4.00. The summed E-state index contributed by atoms with van der Waals surface area (Å²) in [6.07, 6.45) is 0.0928. The van der Waals surface area contributed by atoms with E-state index < -0.39 is 11.7 Å². The van der Waals surface area contributed by atoms with E-state index in [1.165, 1.54) is 16.5 Å². The molecule has 1 unspecified atom stereocenters. The third-order valence-corrected chi connectivity index (χ3v) is 5.71. The van der Waals surface area contributed by atoms with E-state index in [0.717, 1.165) is 38.4 Å². The molecule has 2 aromatic rings. The highest BCUT2D eigenvalue weighted by Crippen LogP contribution is 2.27. The van der Waals surface area contributed by atoms with Crippen LogP contribution in [-0.2, 0) is 27.4 Å². The van der Waals surface area contributed by atoms with Gasteiger partial charge in [0.15, 0.2) is 0 Å². The molecule has 0 saturated carbocycles. The molecule has 2 aromatic carbocycles. The minimum Gasteiger partial charge on any atom is -0.379 e. The summed E-state index contributed by atoms with van der Waals surface area (Å²) < 4.78 is 19.4. The van der Waals surface area contributed by atoms with Gasteiger partial charge >= 0.3 is 0 Å². The van der Waals surface area contributed by atoms with Crippen LogP contribution in [0.5, 0.6) is 0 Å². The van der Waals surface area contributed by atoms with Gasteiger partial charge in [-0.1, -0.05) is 36.4 Å². The van der Waals surface area contributed by atoms with E-state index in [9.17, 15) is 14.0 Å². The van der Waals surface area contributed by atoms with Crippen LogP contribution >= 0.6 is 0 Å². The highest BCUT2D eigenvalue weighted by Gasteiger charge is 2.36. The number of carbonyl (C=O) groups is 2. The number of amides is 2. The molecule has 0 spiro atoms. The van der Waals surface area contributed by atoms with Gasteiger partial charge in [0.2, 0.25) is 11.8 Å². The molecule has 1 N–H and O–H groups in total. The molecule has 158 valence electrons. The number of para-hydroxylation sites is 1. The fourth-order valence-electron chi connectivity index (χ4n) is 4.00. The third kappa shape index (κ3) is 4.68. The lowest BCUT2D eigenvalue weighted by Gasteiger charge is -2.27. The van der Waals surface area contributed by atoms with Crippen molar-refractivity contribution in [2.24, 2.45) is 5.92 Å². The van der Waals surface area contributed by atoms with Crippen molar-refractivity contribution < 1.29 is 18.7 Å². The van der Waals surface area contributed by atoms with Gasteiger partial charge in [0.05, 0.1) is 24.8 Å². The van der Waals surface area contributed by atoms with E-state index in [1.807, 2.05) is 18.2 Å². The number of hydrogen-bond donors (Lipinski definition) is 1. The Labute approximate surface area is 175 Å². The number of rotatable bonds is 6. The number of nitrogens with zero attached hydrogens (tertiary/aromatic N) is 2. The standard InChI is InChI=1S/C23H26FN3O3/c24-20-7-3-4-8-21(20)27-16-19(13-22(27)28)23(29)25-14-17-5-1-2-6-18(17)15-26-9-11-30-12-10-26/h1-8,19H,9-16H2,(H,25,29). The maximum atomic E-state index is 14.0. The van der Waals surface area contributed by atoms with Gasteiger partial charge in [-0.05, 0) is 23.3 Å².